The molecule has 2 amide bonds. The van der Waals surface area contributed by atoms with Crippen LogP contribution >= 0.6 is 0 Å². The predicted octanol–water partition coefficient (Wildman–Crippen LogP) is 3.13. The molecular weight excluding hydrogens is 330 g/mol. The number of fused-ring (bicyclic) bond motifs is 1. The van der Waals surface area contributed by atoms with E-state index in [2.05, 4.69) is 10.2 Å². The number of hydrogen-bond donors (Lipinski definition) is 1. The summed E-state index contributed by atoms with van der Waals surface area (Å²) in [5, 5.41) is 2.97. The molecule has 0 fully saturated rings. The molecular formula is C20H31N3O3. The van der Waals surface area contributed by atoms with Gasteiger partial charge in [0.2, 0.25) is 5.91 Å². The van der Waals surface area contributed by atoms with E-state index in [4.69, 9.17) is 4.74 Å². The van der Waals surface area contributed by atoms with Gasteiger partial charge in [0.15, 0.2) is 6.10 Å². The standard InChI is InChI=1S/C20H31N3O3/c1-6-15(7-2)19(24)21-16-9-10-18-17(13-16)23(12-8-11-22(4)5)20(25)14(3)26-18/h9-10,13-15H,6-8,11-12H2,1-5H3,(H,21,24). The van der Waals surface area contributed by atoms with Gasteiger partial charge in [-0.3, -0.25) is 9.59 Å². The number of ether oxygens (including phenoxy) is 1. The monoisotopic (exact) mass is 361 g/mol. The Hall–Kier alpha value is -2.08. The minimum atomic E-state index is -0.494. The molecule has 0 bridgehead atoms. The number of carbonyl (C=O) groups is 2. The van der Waals surface area contributed by atoms with Crippen LogP contribution in [-0.2, 0) is 9.59 Å². The Bertz CT molecular complexity index is 641. The highest BCUT2D eigenvalue weighted by Gasteiger charge is 2.31. The van der Waals surface area contributed by atoms with E-state index in [1.165, 1.54) is 0 Å². The smallest absolute Gasteiger partial charge is 0.267 e. The normalized spacial score (nSPS) is 16.7. The van der Waals surface area contributed by atoms with E-state index in [1.807, 2.05) is 46.1 Å². The number of nitrogens with zero attached hydrogens (tertiary/aromatic N) is 2. The molecule has 1 N–H and O–H groups in total. The van der Waals surface area contributed by atoms with E-state index in [-0.39, 0.29) is 17.7 Å². The minimum absolute atomic E-state index is 0.000121. The second-order valence-corrected chi connectivity index (χ2v) is 7.09. The first-order valence-corrected chi connectivity index (χ1v) is 9.45. The van der Waals surface area contributed by atoms with Crippen LogP contribution in [0.15, 0.2) is 18.2 Å². The van der Waals surface area contributed by atoms with Gasteiger partial charge in [0, 0.05) is 18.2 Å². The fraction of sp³-hybridized carbons (Fsp3) is 0.600. The van der Waals surface area contributed by atoms with Crippen molar-refractivity contribution in [2.45, 2.75) is 46.1 Å². The van der Waals surface area contributed by atoms with Gasteiger partial charge in [0.25, 0.3) is 5.91 Å². The number of nitrogens with one attached hydrogen (secondary N) is 1. The average molecular weight is 361 g/mol. The molecule has 0 aromatic heterocycles. The number of hydrogen-bond acceptors (Lipinski definition) is 4. The Balaban J connectivity index is 2.21. The van der Waals surface area contributed by atoms with Crippen LogP contribution in [0, 0.1) is 5.92 Å². The number of carbonyl (C=O) groups excluding carboxylic acids is 2. The molecule has 1 aromatic rings. The highest BCUT2D eigenvalue weighted by molar-refractivity contribution is 6.01. The van der Waals surface area contributed by atoms with Crippen LogP contribution in [0.4, 0.5) is 11.4 Å². The van der Waals surface area contributed by atoms with Crippen molar-refractivity contribution in [2.24, 2.45) is 5.92 Å². The Morgan fingerprint density at radius 3 is 2.62 bits per heavy atom. The Morgan fingerprint density at radius 1 is 1.31 bits per heavy atom. The lowest BCUT2D eigenvalue weighted by Gasteiger charge is -2.33. The second-order valence-electron chi connectivity index (χ2n) is 7.09. The van der Waals surface area contributed by atoms with Crippen LogP contribution in [0.3, 0.4) is 0 Å². The number of amides is 2. The van der Waals surface area contributed by atoms with E-state index in [0.29, 0.717) is 18.0 Å². The molecule has 1 unspecified atom stereocenters. The SMILES string of the molecule is CCC(CC)C(=O)Nc1ccc2c(c1)N(CCCN(C)C)C(=O)C(C)O2. The van der Waals surface area contributed by atoms with Crippen molar-refractivity contribution in [3.05, 3.63) is 18.2 Å². The van der Waals surface area contributed by atoms with Gasteiger partial charge in [-0.05, 0) is 65.0 Å². The molecule has 1 aliphatic rings. The molecule has 2 rings (SSSR count). The van der Waals surface area contributed by atoms with E-state index >= 15 is 0 Å². The van der Waals surface area contributed by atoms with Gasteiger partial charge in [-0.15, -0.1) is 0 Å². The summed E-state index contributed by atoms with van der Waals surface area (Å²) in [6.07, 6.45) is 1.99. The van der Waals surface area contributed by atoms with Crippen LogP contribution in [0.5, 0.6) is 5.75 Å². The fourth-order valence-corrected chi connectivity index (χ4v) is 3.16. The fourth-order valence-electron chi connectivity index (χ4n) is 3.16. The molecule has 6 nitrogen and oxygen atoms in total. The maximum absolute atomic E-state index is 12.6. The van der Waals surface area contributed by atoms with E-state index < -0.39 is 6.10 Å². The predicted molar refractivity (Wildman–Crippen MR) is 105 cm³/mol. The molecule has 1 atom stereocenters. The minimum Gasteiger partial charge on any atom is -0.479 e. The summed E-state index contributed by atoms with van der Waals surface area (Å²) in [5.41, 5.74) is 1.43. The summed E-state index contributed by atoms with van der Waals surface area (Å²) < 4.78 is 5.74. The lowest BCUT2D eigenvalue weighted by molar-refractivity contribution is -0.125. The summed E-state index contributed by atoms with van der Waals surface area (Å²) in [5.74, 6) is 0.660. The van der Waals surface area contributed by atoms with Crippen LogP contribution in [-0.4, -0.2) is 50.0 Å². The van der Waals surface area contributed by atoms with Crippen molar-refractivity contribution in [2.75, 3.05) is 37.4 Å². The Morgan fingerprint density at radius 2 is 2.00 bits per heavy atom. The van der Waals surface area contributed by atoms with Gasteiger partial charge in [0.1, 0.15) is 5.75 Å². The topological polar surface area (TPSA) is 61.9 Å². The number of anilines is 2. The first-order valence-electron chi connectivity index (χ1n) is 9.45. The molecule has 144 valence electrons. The maximum Gasteiger partial charge on any atom is 0.267 e. The molecule has 26 heavy (non-hydrogen) atoms. The van der Waals surface area contributed by atoms with Crippen molar-refractivity contribution in [3.63, 3.8) is 0 Å². The molecule has 0 spiro atoms. The quantitative estimate of drug-likeness (QED) is 0.773. The third-order valence-corrected chi connectivity index (χ3v) is 4.78. The summed E-state index contributed by atoms with van der Waals surface area (Å²) in [7, 11) is 4.03. The van der Waals surface area contributed by atoms with Gasteiger partial charge < -0.3 is 19.9 Å². The van der Waals surface area contributed by atoms with Crippen molar-refractivity contribution in [1.82, 2.24) is 4.90 Å². The summed E-state index contributed by atoms with van der Waals surface area (Å²) in [6.45, 7) is 7.33. The largest absolute Gasteiger partial charge is 0.479 e. The molecule has 1 aliphatic heterocycles. The molecule has 0 saturated carbocycles. The lowest BCUT2D eigenvalue weighted by Crippen LogP contribution is -2.45. The van der Waals surface area contributed by atoms with Crippen molar-refractivity contribution in [1.29, 1.82) is 0 Å². The molecule has 1 heterocycles. The molecule has 1 aromatic carbocycles. The third kappa shape index (κ3) is 4.75. The summed E-state index contributed by atoms with van der Waals surface area (Å²) in [6, 6.07) is 5.51. The highest BCUT2D eigenvalue weighted by Crippen LogP contribution is 2.36. The number of rotatable bonds is 8. The molecule has 0 radical (unpaired) electrons. The van der Waals surface area contributed by atoms with Crippen LogP contribution in [0.2, 0.25) is 0 Å². The Kier molecular flexibility index (Phi) is 7.03. The molecule has 0 aliphatic carbocycles. The van der Waals surface area contributed by atoms with Crippen molar-refractivity contribution >= 4 is 23.2 Å². The zero-order chi connectivity index (χ0) is 19.3. The Labute approximate surface area is 156 Å². The lowest BCUT2D eigenvalue weighted by atomic mass is 10.0. The van der Waals surface area contributed by atoms with Gasteiger partial charge in [-0.1, -0.05) is 13.8 Å². The molecule has 0 saturated heterocycles. The zero-order valence-corrected chi connectivity index (χ0v) is 16.5. The average Bonchev–Trinajstić information content (AvgIpc) is 2.59. The van der Waals surface area contributed by atoms with E-state index in [9.17, 15) is 9.59 Å². The van der Waals surface area contributed by atoms with Gasteiger partial charge in [0.05, 0.1) is 5.69 Å². The van der Waals surface area contributed by atoms with Crippen LogP contribution in [0.1, 0.15) is 40.0 Å². The van der Waals surface area contributed by atoms with Gasteiger partial charge in [-0.2, -0.15) is 0 Å². The van der Waals surface area contributed by atoms with Gasteiger partial charge >= 0.3 is 0 Å². The van der Waals surface area contributed by atoms with Crippen molar-refractivity contribution in [3.8, 4) is 5.75 Å². The van der Waals surface area contributed by atoms with E-state index in [1.54, 1.807) is 11.8 Å². The van der Waals surface area contributed by atoms with Crippen molar-refractivity contribution < 1.29 is 14.3 Å². The van der Waals surface area contributed by atoms with E-state index in [0.717, 1.165) is 31.5 Å². The number of benzene rings is 1. The molecule has 6 heteroatoms. The van der Waals surface area contributed by atoms with Gasteiger partial charge in [-0.25, -0.2) is 0 Å². The zero-order valence-electron chi connectivity index (χ0n) is 16.5. The summed E-state index contributed by atoms with van der Waals surface area (Å²) >= 11 is 0. The second kappa shape index (κ2) is 9.03. The van der Waals surface area contributed by atoms with Crippen LogP contribution < -0.4 is 15.0 Å². The van der Waals surface area contributed by atoms with Crippen LogP contribution in [0.25, 0.3) is 0 Å². The highest BCUT2D eigenvalue weighted by atomic mass is 16.5. The maximum atomic E-state index is 12.6. The first-order chi connectivity index (χ1) is 12.4. The third-order valence-electron chi connectivity index (χ3n) is 4.78. The summed E-state index contributed by atoms with van der Waals surface area (Å²) in [4.78, 5) is 28.8. The first kappa shape index (κ1) is 20.2.